The minimum Gasteiger partial charge on any atom is -0.508 e. The summed E-state index contributed by atoms with van der Waals surface area (Å²) in [5, 5.41) is 9.28. The van der Waals surface area contributed by atoms with Crippen LogP contribution >= 0.6 is 0 Å². The van der Waals surface area contributed by atoms with Crippen molar-refractivity contribution >= 4 is 6.09 Å². The van der Waals surface area contributed by atoms with E-state index >= 15 is 0 Å². The maximum absolute atomic E-state index is 12.0. The first-order chi connectivity index (χ1) is 8.74. The van der Waals surface area contributed by atoms with Crippen molar-refractivity contribution in [3.05, 3.63) is 29.8 Å². The normalized spacial score (nSPS) is 12.9. The summed E-state index contributed by atoms with van der Waals surface area (Å²) < 4.78 is 5.31. The molecular weight excluding hydrogens is 244 g/mol. The largest absolute Gasteiger partial charge is 0.508 e. The Morgan fingerprint density at radius 3 is 2.32 bits per heavy atom. The number of phenols is 1. The zero-order valence-electron chi connectivity index (χ0n) is 11.9. The van der Waals surface area contributed by atoms with Crippen molar-refractivity contribution in [2.75, 3.05) is 13.6 Å². The van der Waals surface area contributed by atoms with Gasteiger partial charge in [0.2, 0.25) is 0 Å². The van der Waals surface area contributed by atoms with E-state index < -0.39 is 11.7 Å². The SMILES string of the molecule is CN(C(=O)OC(C)(C)C)C(CN)c1ccc(O)cc1. The maximum Gasteiger partial charge on any atom is 0.410 e. The lowest BCUT2D eigenvalue weighted by molar-refractivity contribution is 0.0226. The Bertz CT molecular complexity index is 423. The van der Waals surface area contributed by atoms with Gasteiger partial charge in [0.15, 0.2) is 0 Å². The highest BCUT2D eigenvalue weighted by Crippen LogP contribution is 2.22. The standard InChI is InChI=1S/C14H22N2O3/c1-14(2,3)19-13(18)16(4)12(9-15)10-5-7-11(17)8-6-10/h5-8,12,17H,9,15H2,1-4H3. The molecule has 5 nitrogen and oxygen atoms in total. The number of carbonyl (C=O) groups is 1. The lowest BCUT2D eigenvalue weighted by Crippen LogP contribution is -2.39. The van der Waals surface area contributed by atoms with Crippen LogP contribution in [0.25, 0.3) is 0 Å². The van der Waals surface area contributed by atoms with E-state index in [2.05, 4.69) is 0 Å². The molecule has 1 unspecified atom stereocenters. The van der Waals surface area contributed by atoms with E-state index in [0.29, 0.717) is 0 Å². The monoisotopic (exact) mass is 266 g/mol. The predicted octanol–water partition coefficient (Wildman–Crippen LogP) is 2.26. The average Bonchev–Trinajstić information content (AvgIpc) is 2.30. The molecular formula is C14H22N2O3. The van der Waals surface area contributed by atoms with Crippen LogP contribution in [0.2, 0.25) is 0 Å². The van der Waals surface area contributed by atoms with Gasteiger partial charge in [-0.2, -0.15) is 0 Å². The van der Waals surface area contributed by atoms with E-state index in [1.807, 2.05) is 20.8 Å². The van der Waals surface area contributed by atoms with Gasteiger partial charge in [0.25, 0.3) is 0 Å². The van der Waals surface area contributed by atoms with Gasteiger partial charge >= 0.3 is 6.09 Å². The Hall–Kier alpha value is -1.75. The Labute approximate surface area is 114 Å². The Balaban J connectivity index is 2.85. The van der Waals surface area contributed by atoms with E-state index in [0.717, 1.165) is 5.56 Å². The van der Waals surface area contributed by atoms with Crippen molar-refractivity contribution in [3.63, 3.8) is 0 Å². The third kappa shape index (κ3) is 4.44. The van der Waals surface area contributed by atoms with Crippen LogP contribution in [0.4, 0.5) is 4.79 Å². The van der Waals surface area contributed by atoms with Crippen LogP contribution in [-0.4, -0.2) is 35.3 Å². The second kappa shape index (κ2) is 5.93. The number of rotatable bonds is 3. The van der Waals surface area contributed by atoms with E-state index in [-0.39, 0.29) is 18.3 Å². The summed E-state index contributed by atoms with van der Waals surface area (Å²) in [5.74, 6) is 0.180. The number of hydrogen-bond donors (Lipinski definition) is 2. The van der Waals surface area contributed by atoms with Gasteiger partial charge in [-0.15, -0.1) is 0 Å². The van der Waals surface area contributed by atoms with Crippen LogP contribution in [0.15, 0.2) is 24.3 Å². The number of phenolic OH excluding ortho intramolecular Hbond substituents is 1. The molecule has 0 saturated carbocycles. The molecule has 0 aliphatic carbocycles. The number of aromatic hydroxyl groups is 1. The summed E-state index contributed by atoms with van der Waals surface area (Å²) in [5.41, 5.74) is 6.05. The number of amides is 1. The Morgan fingerprint density at radius 1 is 1.37 bits per heavy atom. The number of nitrogens with zero attached hydrogens (tertiary/aromatic N) is 1. The lowest BCUT2D eigenvalue weighted by Gasteiger charge is -2.30. The molecule has 1 rings (SSSR count). The summed E-state index contributed by atoms with van der Waals surface area (Å²) in [6.45, 7) is 5.73. The fourth-order valence-corrected chi connectivity index (χ4v) is 1.68. The number of benzene rings is 1. The van der Waals surface area contributed by atoms with Crippen LogP contribution in [0.3, 0.4) is 0 Å². The van der Waals surface area contributed by atoms with Crippen molar-refractivity contribution in [3.8, 4) is 5.75 Å². The Kier molecular flexibility index (Phi) is 4.78. The first-order valence-corrected chi connectivity index (χ1v) is 6.19. The van der Waals surface area contributed by atoms with Crippen LogP contribution in [0.5, 0.6) is 5.75 Å². The van der Waals surface area contributed by atoms with Crippen molar-refractivity contribution < 1.29 is 14.6 Å². The topological polar surface area (TPSA) is 75.8 Å². The third-order valence-corrected chi connectivity index (χ3v) is 2.65. The number of nitrogens with two attached hydrogens (primary N) is 1. The van der Waals surface area contributed by atoms with E-state index in [4.69, 9.17) is 10.5 Å². The van der Waals surface area contributed by atoms with Crippen molar-refractivity contribution in [1.82, 2.24) is 4.90 Å². The molecule has 1 aromatic rings. The van der Waals surface area contributed by atoms with Gasteiger partial charge in [-0.25, -0.2) is 4.79 Å². The molecule has 3 N–H and O–H groups in total. The second-order valence-electron chi connectivity index (χ2n) is 5.43. The average molecular weight is 266 g/mol. The fourth-order valence-electron chi connectivity index (χ4n) is 1.68. The number of likely N-dealkylation sites (N-methyl/N-ethyl adjacent to an activating group) is 1. The van der Waals surface area contributed by atoms with Gasteiger partial charge in [0, 0.05) is 13.6 Å². The highest BCUT2D eigenvalue weighted by atomic mass is 16.6. The molecule has 19 heavy (non-hydrogen) atoms. The minimum atomic E-state index is -0.542. The third-order valence-electron chi connectivity index (χ3n) is 2.65. The molecule has 106 valence electrons. The molecule has 0 aliphatic heterocycles. The van der Waals surface area contributed by atoms with Crippen LogP contribution in [-0.2, 0) is 4.74 Å². The first-order valence-electron chi connectivity index (χ1n) is 6.19. The highest BCUT2D eigenvalue weighted by molar-refractivity contribution is 5.68. The zero-order valence-corrected chi connectivity index (χ0v) is 11.9. The zero-order chi connectivity index (χ0) is 14.6. The van der Waals surface area contributed by atoms with Crippen LogP contribution in [0.1, 0.15) is 32.4 Å². The van der Waals surface area contributed by atoms with Crippen LogP contribution < -0.4 is 5.73 Å². The molecule has 0 aliphatic rings. The van der Waals surface area contributed by atoms with E-state index in [1.54, 1.807) is 31.3 Å². The summed E-state index contributed by atoms with van der Waals surface area (Å²) >= 11 is 0. The molecule has 1 aromatic carbocycles. The van der Waals surface area contributed by atoms with Gasteiger partial charge < -0.3 is 20.5 Å². The van der Waals surface area contributed by atoms with E-state index in [9.17, 15) is 9.90 Å². The highest BCUT2D eigenvalue weighted by Gasteiger charge is 2.25. The Morgan fingerprint density at radius 2 is 1.89 bits per heavy atom. The smallest absolute Gasteiger partial charge is 0.410 e. The first kappa shape index (κ1) is 15.3. The molecule has 0 aromatic heterocycles. The van der Waals surface area contributed by atoms with Gasteiger partial charge in [-0.1, -0.05) is 12.1 Å². The molecule has 1 atom stereocenters. The molecule has 0 bridgehead atoms. The van der Waals surface area contributed by atoms with Crippen LogP contribution in [0, 0.1) is 0 Å². The van der Waals surface area contributed by atoms with Gasteiger partial charge in [0.05, 0.1) is 6.04 Å². The maximum atomic E-state index is 12.0. The molecule has 0 spiro atoms. The minimum absolute atomic E-state index is 0.180. The fraction of sp³-hybridized carbons (Fsp3) is 0.500. The summed E-state index contributed by atoms with van der Waals surface area (Å²) in [6.07, 6.45) is -0.420. The molecule has 0 fully saturated rings. The van der Waals surface area contributed by atoms with Crippen molar-refractivity contribution in [1.29, 1.82) is 0 Å². The van der Waals surface area contributed by atoms with Gasteiger partial charge in [-0.05, 0) is 38.5 Å². The van der Waals surface area contributed by atoms with Gasteiger partial charge in [0.1, 0.15) is 11.4 Å². The van der Waals surface area contributed by atoms with E-state index in [1.165, 1.54) is 4.90 Å². The summed E-state index contributed by atoms with van der Waals surface area (Å²) in [7, 11) is 1.65. The number of hydrogen-bond acceptors (Lipinski definition) is 4. The molecule has 0 saturated heterocycles. The van der Waals surface area contributed by atoms with Crippen molar-refractivity contribution in [2.24, 2.45) is 5.73 Å². The van der Waals surface area contributed by atoms with Crippen molar-refractivity contribution in [2.45, 2.75) is 32.4 Å². The lowest BCUT2D eigenvalue weighted by atomic mass is 10.1. The molecule has 0 radical (unpaired) electrons. The number of ether oxygens (including phenoxy) is 1. The molecule has 0 heterocycles. The van der Waals surface area contributed by atoms with Gasteiger partial charge in [-0.3, -0.25) is 0 Å². The molecule has 1 amide bonds. The quantitative estimate of drug-likeness (QED) is 0.880. The summed E-state index contributed by atoms with van der Waals surface area (Å²) in [4.78, 5) is 13.5. The number of carbonyl (C=O) groups excluding carboxylic acids is 1. The predicted molar refractivity (Wildman–Crippen MR) is 73.9 cm³/mol. The molecule has 5 heteroatoms. The second-order valence-corrected chi connectivity index (χ2v) is 5.43. The summed E-state index contributed by atoms with van der Waals surface area (Å²) in [6, 6.07) is 6.35.